The van der Waals surface area contributed by atoms with Gasteiger partial charge in [0, 0.05) is 5.69 Å². The van der Waals surface area contributed by atoms with Gasteiger partial charge in [0.25, 0.3) is 0 Å². The van der Waals surface area contributed by atoms with Crippen LogP contribution in [0.4, 0.5) is 18.9 Å². The minimum Gasteiger partial charge on any atom is -0.300 e. The molecule has 3 rings (SSSR count). The van der Waals surface area contributed by atoms with Gasteiger partial charge in [-0.15, -0.1) is 0 Å². The van der Waals surface area contributed by atoms with Crippen molar-refractivity contribution in [2.75, 3.05) is 0 Å². The van der Waals surface area contributed by atoms with Gasteiger partial charge in [0.15, 0.2) is 5.69 Å². The Hall–Kier alpha value is -2.81. The molecule has 3 nitrogen and oxygen atoms in total. The first-order chi connectivity index (χ1) is 11.6. The summed E-state index contributed by atoms with van der Waals surface area (Å²) in [5.74, 6) is 0. The third-order valence-electron chi connectivity index (χ3n) is 4.06. The van der Waals surface area contributed by atoms with E-state index in [9.17, 15) is 13.2 Å². The van der Waals surface area contributed by atoms with Gasteiger partial charge in [0.05, 0.1) is 23.2 Å². The van der Waals surface area contributed by atoms with Gasteiger partial charge in [0.1, 0.15) is 6.33 Å². The van der Waals surface area contributed by atoms with E-state index in [0.29, 0.717) is 5.69 Å². The van der Waals surface area contributed by atoms with E-state index in [1.54, 1.807) is 4.57 Å². The summed E-state index contributed by atoms with van der Waals surface area (Å²) in [4.78, 5) is 7.14. The largest absolute Gasteiger partial charge is 0.417 e. The number of halogens is 3. The fourth-order valence-corrected chi connectivity index (χ4v) is 2.71. The first kappa shape index (κ1) is 17.0. The summed E-state index contributed by atoms with van der Waals surface area (Å²) in [6.45, 7) is 13.3. The normalized spacial score (nSPS) is 12.4. The fraction of sp³-hybridized carbons (Fsp3) is 0.263. The van der Waals surface area contributed by atoms with Gasteiger partial charge in [-0.05, 0) is 35.2 Å². The molecule has 2 aromatic carbocycles. The molecule has 1 heterocycles. The van der Waals surface area contributed by atoms with Crippen molar-refractivity contribution < 1.29 is 13.2 Å². The second kappa shape index (κ2) is 5.62. The fourth-order valence-electron chi connectivity index (χ4n) is 2.71. The predicted molar refractivity (Wildman–Crippen MR) is 91.0 cm³/mol. The molecule has 0 N–H and O–H groups in total. The Morgan fingerprint density at radius 3 is 2.40 bits per heavy atom. The van der Waals surface area contributed by atoms with Gasteiger partial charge in [-0.2, -0.15) is 13.2 Å². The maximum absolute atomic E-state index is 13.3. The van der Waals surface area contributed by atoms with E-state index in [1.165, 1.54) is 12.4 Å². The van der Waals surface area contributed by atoms with E-state index in [1.807, 2.05) is 24.3 Å². The molecule has 3 aromatic rings. The number of imidazole rings is 1. The topological polar surface area (TPSA) is 22.2 Å². The molecule has 0 saturated heterocycles. The molecule has 128 valence electrons. The smallest absolute Gasteiger partial charge is 0.300 e. The van der Waals surface area contributed by atoms with Crippen LogP contribution >= 0.6 is 0 Å². The summed E-state index contributed by atoms with van der Waals surface area (Å²) in [6, 6.07) is 9.87. The highest BCUT2D eigenvalue weighted by Gasteiger charge is 2.34. The lowest BCUT2D eigenvalue weighted by Gasteiger charge is -2.20. The Bertz CT molecular complexity index is 986. The summed E-state index contributed by atoms with van der Waals surface area (Å²) in [6.07, 6.45) is -3.19. The Balaban J connectivity index is 2.28. The van der Waals surface area contributed by atoms with Gasteiger partial charge in [0.2, 0.25) is 0 Å². The molecule has 0 saturated carbocycles. The van der Waals surface area contributed by atoms with Crippen molar-refractivity contribution in [3.8, 4) is 5.69 Å². The first-order valence-electron chi connectivity index (χ1n) is 7.68. The quantitative estimate of drug-likeness (QED) is 0.505. The number of aromatic nitrogens is 2. The van der Waals surface area contributed by atoms with Crippen LogP contribution in [0.1, 0.15) is 31.9 Å². The number of hydrogen-bond donors (Lipinski definition) is 0. The lowest BCUT2D eigenvalue weighted by Crippen LogP contribution is -2.11. The van der Waals surface area contributed by atoms with Crippen LogP contribution in [-0.4, -0.2) is 9.55 Å². The molecule has 25 heavy (non-hydrogen) atoms. The van der Waals surface area contributed by atoms with Gasteiger partial charge in [-0.25, -0.2) is 9.83 Å². The average Bonchev–Trinajstić information content (AvgIpc) is 2.96. The number of nitrogens with zero attached hydrogens (tertiary/aromatic N) is 3. The number of hydrogen-bond acceptors (Lipinski definition) is 1. The molecular formula is C19H16F3N3. The van der Waals surface area contributed by atoms with Crippen LogP contribution in [0.15, 0.2) is 42.7 Å². The van der Waals surface area contributed by atoms with E-state index in [0.717, 1.165) is 11.6 Å². The van der Waals surface area contributed by atoms with Crippen LogP contribution in [0.25, 0.3) is 21.6 Å². The lowest BCUT2D eigenvalue weighted by atomic mass is 9.87. The van der Waals surface area contributed by atoms with E-state index in [2.05, 4.69) is 30.6 Å². The van der Waals surface area contributed by atoms with Crippen LogP contribution in [0, 0.1) is 6.57 Å². The molecule has 0 spiro atoms. The Morgan fingerprint density at radius 2 is 1.80 bits per heavy atom. The number of benzene rings is 2. The highest BCUT2D eigenvalue weighted by molar-refractivity contribution is 5.85. The highest BCUT2D eigenvalue weighted by Crippen LogP contribution is 2.38. The maximum Gasteiger partial charge on any atom is 0.417 e. The van der Waals surface area contributed by atoms with Crippen molar-refractivity contribution in [2.45, 2.75) is 32.4 Å². The van der Waals surface area contributed by atoms with Crippen LogP contribution in [0.5, 0.6) is 0 Å². The lowest BCUT2D eigenvalue weighted by molar-refractivity contribution is -0.136. The summed E-state index contributed by atoms with van der Waals surface area (Å²) < 4.78 is 41.5. The molecule has 0 radical (unpaired) electrons. The molecule has 0 aliphatic carbocycles. The minimum atomic E-state index is -4.56. The Kier molecular flexibility index (Phi) is 3.83. The van der Waals surface area contributed by atoms with Crippen LogP contribution in [0.3, 0.4) is 0 Å². The second-order valence-electron chi connectivity index (χ2n) is 6.89. The van der Waals surface area contributed by atoms with Crippen molar-refractivity contribution >= 4 is 16.7 Å². The molecule has 6 heteroatoms. The summed E-state index contributed by atoms with van der Waals surface area (Å²) in [7, 11) is 0. The summed E-state index contributed by atoms with van der Waals surface area (Å²) >= 11 is 0. The molecule has 0 aliphatic rings. The minimum absolute atomic E-state index is 0.0615. The predicted octanol–water partition coefficient (Wildman–Crippen LogP) is 5.89. The zero-order valence-corrected chi connectivity index (χ0v) is 14.0. The van der Waals surface area contributed by atoms with Crippen LogP contribution in [0.2, 0.25) is 0 Å². The summed E-state index contributed by atoms with van der Waals surface area (Å²) in [5, 5.41) is 0. The van der Waals surface area contributed by atoms with Crippen molar-refractivity contribution in [2.24, 2.45) is 0 Å². The standard InChI is InChI=1S/C19H16F3N3/c1-18(2,3)12-6-5-7-14(8-12)25-11-24-17-15(19(20,21)22)9-13(23-4)10-16(17)25/h5-11H,1-3H3. The second-order valence-corrected chi connectivity index (χ2v) is 6.89. The third-order valence-corrected chi connectivity index (χ3v) is 4.06. The molecule has 0 unspecified atom stereocenters. The van der Waals surface area contributed by atoms with Gasteiger partial charge < -0.3 is 4.57 Å². The number of fused-ring (bicyclic) bond motifs is 1. The van der Waals surface area contributed by atoms with E-state index < -0.39 is 11.7 Å². The highest BCUT2D eigenvalue weighted by atomic mass is 19.4. The van der Waals surface area contributed by atoms with Gasteiger partial charge in [-0.1, -0.05) is 32.9 Å². The van der Waals surface area contributed by atoms with Crippen molar-refractivity contribution in [1.82, 2.24) is 9.55 Å². The van der Waals surface area contributed by atoms with Crippen molar-refractivity contribution in [3.63, 3.8) is 0 Å². The molecule has 0 atom stereocenters. The van der Waals surface area contributed by atoms with Gasteiger partial charge in [-0.3, -0.25) is 0 Å². The number of alkyl halides is 3. The van der Waals surface area contributed by atoms with Crippen molar-refractivity contribution in [1.29, 1.82) is 0 Å². The first-order valence-corrected chi connectivity index (χ1v) is 7.68. The van der Waals surface area contributed by atoms with Crippen molar-refractivity contribution in [3.05, 3.63) is 65.3 Å². The third kappa shape index (κ3) is 3.10. The van der Waals surface area contributed by atoms with Crippen LogP contribution in [-0.2, 0) is 11.6 Å². The Morgan fingerprint density at radius 1 is 1.08 bits per heavy atom. The van der Waals surface area contributed by atoms with Gasteiger partial charge >= 0.3 is 6.18 Å². The Labute approximate surface area is 143 Å². The molecule has 1 aromatic heterocycles. The van der Waals surface area contributed by atoms with E-state index in [4.69, 9.17) is 6.57 Å². The van der Waals surface area contributed by atoms with Crippen LogP contribution < -0.4 is 0 Å². The molecular weight excluding hydrogens is 327 g/mol. The monoisotopic (exact) mass is 343 g/mol. The molecule has 0 aliphatic heterocycles. The zero-order valence-electron chi connectivity index (χ0n) is 14.0. The average molecular weight is 343 g/mol. The molecule has 0 bridgehead atoms. The molecule has 0 amide bonds. The molecule has 0 fully saturated rings. The maximum atomic E-state index is 13.3. The zero-order chi connectivity index (χ0) is 18.4. The van der Waals surface area contributed by atoms with E-state index >= 15 is 0 Å². The summed E-state index contributed by atoms with van der Waals surface area (Å²) in [5.41, 5.74) is 0.850. The van der Waals surface area contributed by atoms with E-state index in [-0.39, 0.29) is 22.1 Å². The number of rotatable bonds is 1. The SMILES string of the molecule is [C-]#[N+]c1cc(C(F)(F)F)c2ncn(-c3cccc(C(C)(C)C)c3)c2c1.